The second-order valence-corrected chi connectivity index (χ2v) is 4.22. The normalized spacial score (nSPS) is 10.4. The van der Waals surface area contributed by atoms with Gasteiger partial charge < -0.3 is 10.1 Å². The van der Waals surface area contributed by atoms with E-state index in [0.29, 0.717) is 0 Å². The van der Waals surface area contributed by atoms with Gasteiger partial charge in [-0.15, -0.1) is 0 Å². The van der Waals surface area contributed by atoms with Gasteiger partial charge in [-0.3, -0.25) is 0 Å². The van der Waals surface area contributed by atoms with E-state index in [-0.39, 0.29) is 0 Å². The molecule has 0 aromatic heterocycles. The zero-order valence-electron chi connectivity index (χ0n) is 10.7. The van der Waals surface area contributed by atoms with Gasteiger partial charge in [0.15, 0.2) is 0 Å². The van der Waals surface area contributed by atoms with Crippen LogP contribution < -0.4 is 10.1 Å². The van der Waals surface area contributed by atoms with E-state index in [9.17, 15) is 0 Å². The largest absolute Gasteiger partial charge is 0.496 e. The van der Waals surface area contributed by atoms with Gasteiger partial charge in [0.05, 0.1) is 7.11 Å². The van der Waals surface area contributed by atoms with Crippen molar-refractivity contribution in [3.05, 3.63) is 29.3 Å². The fourth-order valence-corrected chi connectivity index (χ4v) is 1.90. The fourth-order valence-electron chi connectivity index (χ4n) is 1.90. The molecule has 0 fully saturated rings. The molecule has 0 spiro atoms. The van der Waals surface area contributed by atoms with E-state index in [1.165, 1.54) is 36.8 Å². The molecule has 0 saturated carbocycles. The van der Waals surface area contributed by atoms with Gasteiger partial charge in [-0.1, -0.05) is 18.6 Å². The van der Waals surface area contributed by atoms with Crippen LogP contribution in [0, 0.1) is 6.92 Å². The predicted octanol–water partition coefficient (Wildman–Crippen LogP) is 2.94. The van der Waals surface area contributed by atoms with E-state index in [1.807, 2.05) is 7.05 Å². The topological polar surface area (TPSA) is 21.3 Å². The summed E-state index contributed by atoms with van der Waals surface area (Å²) in [6.07, 6.45) is 5.01. The van der Waals surface area contributed by atoms with E-state index in [1.54, 1.807) is 7.11 Å². The molecule has 0 atom stereocenters. The molecule has 0 aliphatic heterocycles. The van der Waals surface area contributed by atoms with Gasteiger partial charge in [0.2, 0.25) is 0 Å². The lowest BCUT2D eigenvalue weighted by molar-refractivity contribution is 0.411. The predicted molar refractivity (Wildman–Crippen MR) is 69.2 cm³/mol. The number of unbranched alkanes of at least 4 members (excludes halogenated alkanes) is 2. The molecule has 1 aromatic carbocycles. The summed E-state index contributed by atoms with van der Waals surface area (Å²) in [5, 5.41) is 3.17. The highest BCUT2D eigenvalue weighted by Gasteiger charge is 1.99. The SMILES string of the molecule is CNCCCCCc1ccc(OC)c(C)c1. The Labute approximate surface area is 99.0 Å². The zero-order chi connectivity index (χ0) is 11.8. The van der Waals surface area contributed by atoms with Crippen LogP contribution in [-0.4, -0.2) is 20.7 Å². The standard InChI is InChI=1S/C14H23NO/c1-12-11-13(8-9-14(12)16-3)7-5-4-6-10-15-2/h8-9,11,15H,4-7,10H2,1-3H3. The number of ether oxygens (including phenoxy) is 1. The average Bonchev–Trinajstić information content (AvgIpc) is 2.29. The Kier molecular flexibility index (Phi) is 5.94. The summed E-state index contributed by atoms with van der Waals surface area (Å²) < 4.78 is 5.25. The maximum atomic E-state index is 5.25. The Balaban J connectivity index is 2.34. The Morgan fingerprint density at radius 2 is 2.00 bits per heavy atom. The van der Waals surface area contributed by atoms with Crippen LogP contribution in [0.4, 0.5) is 0 Å². The zero-order valence-corrected chi connectivity index (χ0v) is 10.7. The van der Waals surface area contributed by atoms with Crippen molar-refractivity contribution in [2.75, 3.05) is 20.7 Å². The number of rotatable bonds is 7. The van der Waals surface area contributed by atoms with Crippen molar-refractivity contribution in [3.8, 4) is 5.75 Å². The molecule has 0 amide bonds. The molecule has 0 radical (unpaired) electrons. The Morgan fingerprint density at radius 3 is 2.62 bits per heavy atom. The van der Waals surface area contributed by atoms with Crippen molar-refractivity contribution in [1.82, 2.24) is 5.32 Å². The fraction of sp³-hybridized carbons (Fsp3) is 0.571. The molecule has 0 unspecified atom stereocenters. The first-order chi connectivity index (χ1) is 7.77. The van der Waals surface area contributed by atoms with Gasteiger partial charge >= 0.3 is 0 Å². The second kappa shape index (κ2) is 7.29. The number of hydrogen-bond acceptors (Lipinski definition) is 2. The first-order valence-corrected chi connectivity index (χ1v) is 6.06. The monoisotopic (exact) mass is 221 g/mol. The maximum absolute atomic E-state index is 5.25. The third-order valence-electron chi connectivity index (χ3n) is 2.85. The van der Waals surface area contributed by atoms with Crippen LogP contribution in [0.2, 0.25) is 0 Å². The highest BCUT2D eigenvalue weighted by Crippen LogP contribution is 2.19. The molecular weight excluding hydrogens is 198 g/mol. The lowest BCUT2D eigenvalue weighted by Gasteiger charge is -2.07. The molecule has 0 aliphatic rings. The molecule has 90 valence electrons. The minimum atomic E-state index is 0.985. The lowest BCUT2D eigenvalue weighted by atomic mass is 10.0. The molecule has 0 bridgehead atoms. The minimum Gasteiger partial charge on any atom is -0.496 e. The van der Waals surface area contributed by atoms with Gasteiger partial charge in [0, 0.05) is 0 Å². The van der Waals surface area contributed by atoms with Crippen molar-refractivity contribution >= 4 is 0 Å². The van der Waals surface area contributed by atoms with E-state index < -0.39 is 0 Å². The summed E-state index contributed by atoms with van der Waals surface area (Å²) in [6.45, 7) is 3.23. The molecule has 16 heavy (non-hydrogen) atoms. The Hall–Kier alpha value is -1.02. The van der Waals surface area contributed by atoms with Crippen molar-refractivity contribution in [3.63, 3.8) is 0 Å². The van der Waals surface area contributed by atoms with E-state index >= 15 is 0 Å². The maximum Gasteiger partial charge on any atom is 0.121 e. The summed E-state index contributed by atoms with van der Waals surface area (Å²) in [7, 11) is 3.73. The van der Waals surface area contributed by atoms with E-state index in [0.717, 1.165) is 12.3 Å². The third-order valence-corrected chi connectivity index (χ3v) is 2.85. The molecule has 1 rings (SSSR count). The van der Waals surface area contributed by atoms with Gasteiger partial charge in [0.25, 0.3) is 0 Å². The summed E-state index contributed by atoms with van der Waals surface area (Å²) in [4.78, 5) is 0. The molecule has 1 aromatic rings. The van der Waals surface area contributed by atoms with Gasteiger partial charge in [-0.25, -0.2) is 0 Å². The van der Waals surface area contributed by atoms with E-state index in [4.69, 9.17) is 4.74 Å². The smallest absolute Gasteiger partial charge is 0.121 e. The lowest BCUT2D eigenvalue weighted by Crippen LogP contribution is -2.07. The summed E-state index contributed by atoms with van der Waals surface area (Å²) in [5.74, 6) is 0.985. The van der Waals surface area contributed by atoms with Crippen LogP contribution in [0.3, 0.4) is 0 Å². The summed E-state index contributed by atoms with van der Waals surface area (Å²) >= 11 is 0. The second-order valence-electron chi connectivity index (χ2n) is 4.22. The highest BCUT2D eigenvalue weighted by molar-refractivity contribution is 5.36. The number of methoxy groups -OCH3 is 1. The first-order valence-electron chi connectivity index (χ1n) is 6.06. The molecule has 2 nitrogen and oxygen atoms in total. The molecular formula is C14H23NO. The molecule has 0 saturated heterocycles. The Bertz CT molecular complexity index is 310. The van der Waals surface area contributed by atoms with E-state index in [2.05, 4.69) is 30.4 Å². The molecule has 1 N–H and O–H groups in total. The number of aryl methyl sites for hydroxylation is 2. The van der Waals surface area contributed by atoms with Crippen LogP contribution in [0.15, 0.2) is 18.2 Å². The van der Waals surface area contributed by atoms with Gasteiger partial charge in [-0.05, 0) is 57.0 Å². The summed E-state index contributed by atoms with van der Waals surface area (Å²) in [6, 6.07) is 6.47. The van der Waals surface area contributed by atoms with Gasteiger partial charge in [0.1, 0.15) is 5.75 Å². The third kappa shape index (κ3) is 4.23. The Morgan fingerprint density at radius 1 is 1.19 bits per heavy atom. The van der Waals surface area contributed by atoms with Gasteiger partial charge in [-0.2, -0.15) is 0 Å². The van der Waals surface area contributed by atoms with Crippen LogP contribution >= 0.6 is 0 Å². The van der Waals surface area contributed by atoms with Crippen LogP contribution in [-0.2, 0) is 6.42 Å². The first kappa shape index (κ1) is 13.0. The van der Waals surface area contributed by atoms with Crippen LogP contribution in [0.1, 0.15) is 30.4 Å². The minimum absolute atomic E-state index is 0.985. The average molecular weight is 221 g/mol. The van der Waals surface area contributed by atoms with Crippen LogP contribution in [0.25, 0.3) is 0 Å². The van der Waals surface area contributed by atoms with Crippen LogP contribution in [0.5, 0.6) is 5.75 Å². The molecule has 0 aliphatic carbocycles. The summed E-state index contributed by atoms with van der Waals surface area (Å²) in [5.41, 5.74) is 2.65. The number of nitrogens with one attached hydrogen (secondary N) is 1. The number of hydrogen-bond donors (Lipinski definition) is 1. The van der Waals surface area contributed by atoms with Crippen molar-refractivity contribution in [1.29, 1.82) is 0 Å². The quantitative estimate of drug-likeness (QED) is 0.715. The van der Waals surface area contributed by atoms with Crippen molar-refractivity contribution < 1.29 is 4.74 Å². The van der Waals surface area contributed by atoms with Crippen molar-refractivity contribution in [2.24, 2.45) is 0 Å². The highest BCUT2D eigenvalue weighted by atomic mass is 16.5. The number of benzene rings is 1. The molecule has 2 heteroatoms. The van der Waals surface area contributed by atoms with Crippen molar-refractivity contribution in [2.45, 2.75) is 32.6 Å². The molecule has 0 heterocycles.